The van der Waals surface area contributed by atoms with Crippen LogP contribution in [0.3, 0.4) is 0 Å². The molecule has 0 atom stereocenters. The Bertz CT molecular complexity index is 941. The quantitative estimate of drug-likeness (QED) is 0.588. The van der Waals surface area contributed by atoms with Crippen molar-refractivity contribution in [3.8, 4) is 0 Å². The molecule has 0 unspecified atom stereocenters. The molecule has 0 bridgehead atoms. The molecular weight excluding hydrogens is 298 g/mol. The largest absolute Gasteiger partial charge is 0.455 e. The molecule has 2 aromatic heterocycles. The zero-order chi connectivity index (χ0) is 14.9. The molecular formula is C16H11N3O2S. The highest BCUT2D eigenvalue weighted by molar-refractivity contribution is 7.18. The van der Waals surface area contributed by atoms with E-state index in [0.29, 0.717) is 5.56 Å². The first kappa shape index (κ1) is 13.0. The van der Waals surface area contributed by atoms with Crippen LogP contribution in [0, 0.1) is 0 Å². The van der Waals surface area contributed by atoms with Crippen LogP contribution >= 0.6 is 11.3 Å². The number of fused-ring (bicyclic) bond motifs is 2. The number of aromatic nitrogens is 3. The highest BCUT2D eigenvalue weighted by atomic mass is 32.1. The van der Waals surface area contributed by atoms with E-state index >= 15 is 0 Å². The summed E-state index contributed by atoms with van der Waals surface area (Å²) in [6.45, 7) is 0.180. The first-order valence-corrected chi connectivity index (χ1v) is 7.56. The number of aromatic amines is 1. The van der Waals surface area contributed by atoms with Gasteiger partial charge in [-0.3, -0.25) is 5.10 Å². The summed E-state index contributed by atoms with van der Waals surface area (Å²) in [6, 6.07) is 13.2. The van der Waals surface area contributed by atoms with Crippen LogP contribution in [-0.4, -0.2) is 21.2 Å². The molecule has 0 fully saturated rings. The highest BCUT2D eigenvalue weighted by Gasteiger charge is 2.11. The minimum Gasteiger partial charge on any atom is -0.455 e. The number of nitrogens with zero attached hydrogens (tertiary/aromatic N) is 2. The van der Waals surface area contributed by atoms with Gasteiger partial charge >= 0.3 is 5.97 Å². The number of benzene rings is 2. The molecule has 0 radical (unpaired) electrons. The van der Waals surface area contributed by atoms with E-state index < -0.39 is 0 Å². The van der Waals surface area contributed by atoms with Gasteiger partial charge in [0.1, 0.15) is 11.6 Å². The smallest absolute Gasteiger partial charge is 0.338 e. The van der Waals surface area contributed by atoms with Gasteiger partial charge in [0, 0.05) is 5.39 Å². The zero-order valence-corrected chi connectivity index (χ0v) is 12.3. The lowest BCUT2D eigenvalue weighted by atomic mass is 10.2. The summed E-state index contributed by atoms with van der Waals surface area (Å²) in [5, 5.41) is 8.52. The van der Waals surface area contributed by atoms with Gasteiger partial charge in [-0.05, 0) is 24.3 Å². The first-order valence-electron chi connectivity index (χ1n) is 6.74. The first-order chi connectivity index (χ1) is 10.8. The average Bonchev–Trinajstić information content (AvgIpc) is 3.17. The fraction of sp³-hybridized carbons (Fsp3) is 0.0625. The lowest BCUT2D eigenvalue weighted by Gasteiger charge is -2.02. The predicted molar refractivity (Wildman–Crippen MR) is 84.8 cm³/mol. The van der Waals surface area contributed by atoms with Crippen molar-refractivity contribution < 1.29 is 9.53 Å². The number of thiazole rings is 1. The Balaban J connectivity index is 1.51. The summed E-state index contributed by atoms with van der Waals surface area (Å²) < 4.78 is 6.43. The van der Waals surface area contributed by atoms with Crippen LogP contribution in [0.5, 0.6) is 0 Å². The number of carbonyl (C=O) groups excluding carboxylic acids is 1. The second-order valence-corrected chi connectivity index (χ2v) is 5.94. The number of H-pyrrole nitrogens is 1. The van der Waals surface area contributed by atoms with Crippen LogP contribution < -0.4 is 0 Å². The van der Waals surface area contributed by atoms with Crippen molar-refractivity contribution in [1.29, 1.82) is 0 Å². The van der Waals surface area contributed by atoms with E-state index in [9.17, 15) is 4.79 Å². The summed E-state index contributed by atoms with van der Waals surface area (Å²) in [6.07, 6.45) is 1.71. The Morgan fingerprint density at radius 3 is 3.05 bits per heavy atom. The van der Waals surface area contributed by atoms with Gasteiger partial charge in [-0.15, -0.1) is 11.3 Å². The Morgan fingerprint density at radius 1 is 1.23 bits per heavy atom. The van der Waals surface area contributed by atoms with Crippen LogP contribution in [0.2, 0.25) is 0 Å². The zero-order valence-electron chi connectivity index (χ0n) is 11.4. The SMILES string of the molecule is O=C(OCc1nc2ccccc2s1)c1ccc2cn[nH]c2c1. The number of para-hydroxylation sites is 1. The van der Waals surface area contributed by atoms with Gasteiger partial charge < -0.3 is 4.74 Å². The monoisotopic (exact) mass is 309 g/mol. The maximum Gasteiger partial charge on any atom is 0.338 e. The highest BCUT2D eigenvalue weighted by Crippen LogP contribution is 2.22. The number of ether oxygens (including phenoxy) is 1. The normalized spacial score (nSPS) is 11.1. The van der Waals surface area contributed by atoms with E-state index in [1.165, 1.54) is 11.3 Å². The Kier molecular flexibility index (Phi) is 3.08. The van der Waals surface area contributed by atoms with Crippen molar-refractivity contribution >= 4 is 38.4 Å². The molecule has 0 aliphatic rings. The van der Waals surface area contributed by atoms with Crippen molar-refractivity contribution in [3.63, 3.8) is 0 Å². The Morgan fingerprint density at radius 2 is 2.14 bits per heavy atom. The minimum absolute atomic E-state index is 0.180. The summed E-state index contributed by atoms with van der Waals surface area (Å²) >= 11 is 1.53. The summed E-state index contributed by atoms with van der Waals surface area (Å²) in [7, 11) is 0. The number of hydrogen-bond acceptors (Lipinski definition) is 5. The molecule has 0 aliphatic heterocycles. The number of hydrogen-bond donors (Lipinski definition) is 1. The van der Waals surface area contributed by atoms with Gasteiger partial charge in [0.2, 0.25) is 0 Å². The molecule has 2 aromatic carbocycles. The van der Waals surface area contributed by atoms with Crippen LogP contribution in [0.25, 0.3) is 21.1 Å². The van der Waals surface area contributed by atoms with Gasteiger partial charge in [-0.1, -0.05) is 18.2 Å². The third-order valence-electron chi connectivity index (χ3n) is 3.34. The van der Waals surface area contributed by atoms with Gasteiger partial charge in [0.15, 0.2) is 0 Å². The molecule has 4 rings (SSSR count). The summed E-state index contributed by atoms with van der Waals surface area (Å²) in [5.41, 5.74) is 2.24. The molecule has 1 N–H and O–H groups in total. The number of carbonyl (C=O) groups is 1. The van der Waals surface area contributed by atoms with E-state index in [4.69, 9.17) is 4.74 Å². The predicted octanol–water partition coefficient (Wildman–Crippen LogP) is 3.53. The molecule has 0 saturated carbocycles. The van der Waals surface area contributed by atoms with Gasteiger partial charge in [-0.25, -0.2) is 9.78 Å². The molecule has 6 heteroatoms. The molecule has 0 aliphatic carbocycles. The molecule has 0 amide bonds. The number of esters is 1. The standard InChI is InChI=1S/C16H11N3O2S/c20-16(10-5-6-11-8-17-19-13(11)7-10)21-9-15-18-12-3-1-2-4-14(12)22-15/h1-8H,9H2,(H,17,19). The molecule has 0 saturated heterocycles. The van der Waals surface area contributed by atoms with Crippen molar-refractivity contribution in [2.45, 2.75) is 6.61 Å². The minimum atomic E-state index is -0.365. The Hall–Kier alpha value is -2.73. The number of rotatable bonds is 3. The topological polar surface area (TPSA) is 67.9 Å². The molecule has 2 heterocycles. The van der Waals surface area contributed by atoms with Crippen molar-refractivity contribution in [1.82, 2.24) is 15.2 Å². The fourth-order valence-corrected chi connectivity index (χ4v) is 3.14. The van der Waals surface area contributed by atoms with Crippen molar-refractivity contribution in [3.05, 3.63) is 59.2 Å². The van der Waals surface area contributed by atoms with E-state index in [1.807, 2.05) is 30.3 Å². The summed E-state index contributed by atoms with van der Waals surface area (Å²) in [4.78, 5) is 16.6. The maximum absolute atomic E-state index is 12.1. The lowest BCUT2D eigenvalue weighted by Crippen LogP contribution is -2.04. The molecule has 0 spiro atoms. The van der Waals surface area contributed by atoms with Gasteiger partial charge in [0.05, 0.1) is 27.5 Å². The van der Waals surface area contributed by atoms with E-state index in [-0.39, 0.29) is 12.6 Å². The van der Waals surface area contributed by atoms with Crippen molar-refractivity contribution in [2.24, 2.45) is 0 Å². The fourth-order valence-electron chi connectivity index (χ4n) is 2.26. The third kappa shape index (κ3) is 2.33. The van der Waals surface area contributed by atoms with E-state index in [1.54, 1.807) is 18.3 Å². The van der Waals surface area contributed by atoms with E-state index in [0.717, 1.165) is 26.1 Å². The van der Waals surface area contributed by atoms with Gasteiger partial charge in [0.25, 0.3) is 0 Å². The molecule has 4 aromatic rings. The third-order valence-corrected chi connectivity index (χ3v) is 4.35. The molecule has 5 nitrogen and oxygen atoms in total. The van der Waals surface area contributed by atoms with E-state index in [2.05, 4.69) is 15.2 Å². The van der Waals surface area contributed by atoms with Crippen molar-refractivity contribution in [2.75, 3.05) is 0 Å². The second kappa shape index (κ2) is 5.23. The van der Waals surface area contributed by atoms with Crippen LogP contribution in [-0.2, 0) is 11.3 Å². The van der Waals surface area contributed by atoms with Crippen LogP contribution in [0.4, 0.5) is 0 Å². The van der Waals surface area contributed by atoms with Crippen LogP contribution in [0.1, 0.15) is 15.4 Å². The van der Waals surface area contributed by atoms with Crippen LogP contribution in [0.15, 0.2) is 48.7 Å². The molecule has 108 valence electrons. The maximum atomic E-state index is 12.1. The summed E-state index contributed by atoms with van der Waals surface area (Å²) in [5.74, 6) is -0.365. The molecule has 22 heavy (non-hydrogen) atoms. The average molecular weight is 309 g/mol. The lowest BCUT2D eigenvalue weighted by molar-refractivity contribution is 0.0473. The Labute approximate surface area is 129 Å². The second-order valence-electron chi connectivity index (χ2n) is 4.82. The van der Waals surface area contributed by atoms with Gasteiger partial charge in [-0.2, -0.15) is 5.10 Å². The number of nitrogens with one attached hydrogen (secondary N) is 1.